The number of benzene rings is 4. The molecule has 0 aliphatic carbocycles. The Morgan fingerprint density at radius 3 is 2.00 bits per heavy atom. The van der Waals surface area contributed by atoms with Crippen molar-refractivity contribution in [1.82, 2.24) is 8.75 Å². The predicted octanol–water partition coefficient (Wildman–Crippen LogP) is 1.93. The molecule has 0 spiro atoms. The number of Topliss-reactive ketones (excluding diaryl/α,β-unsaturated/α-hetero) is 1. The second-order valence-electron chi connectivity index (χ2n) is 9.45. The Hall–Kier alpha value is -4.22. The third kappa shape index (κ3) is 7.28. The summed E-state index contributed by atoms with van der Waals surface area (Å²) in [5.41, 5.74) is 3.02. The topological polar surface area (TPSA) is 120 Å². The van der Waals surface area contributed by atoms with Crippen LogP contribution >= 0.6 is 11.7 Å². The monoisotopic (exact) mass is 618 g/mol. The molecule has 0 saturated carbocycles. The molecule has 9 nitrogen and oxygen atoms in total. The van der Waals surface area contributed by atoms with Crippen molar-refractivity contribution < 1.29 is 63.2 Å². The van der Waals surface area contributed by atoms with Crippen molar-refractivity contribution in [3.05, 3.63) is 113 Å². The smallest absolute Gasteiger partial charge is 0.545 e. The summed E-state index contributed by atoms with van der Waals surface area (Å²) in [6, 6.07) is 24.5. The minimum atomic E-state index is -1.50. The number of hydrogen-bond donors (Lipinski definition) is 0. The average molecular weight is 619 g/mol. The summed E-state index contributed by atoms with van der Waals surface area (Å²) in [5, 5.41) is 12.7. The zero-order valence-corrected chi connectivity index (χ0v) is 27.5. The summed E-state index contributed by atoms with van der Waals surface area (Å²) in [7, 11) is 4.45. The molecule has 0 atom stereocenters. The molecule has 5 aromatic rings. The van der Waals surface area contributed by atoms with Crippen molar-refractivity contribution in [2.45, 2.75) is 13.0 Å². The maximum Gasteiger partial charge on any atom is 1.00 e. The van der Waals surface area contributed by atoms with Crippen LogP contribution in [0.3, 0.4) is 0 Å². The number of ether oxygens (including phenoxy) is 4. The number of carboxylic acids is 1. The van der Waals surface area contributed by atoms with E-state index in [9.17, 15) is 14.7 Å². The van der Waals surface area contributed by atoms with E-state index in [1.54, 1.807) is 54.6 Å². The van der Waals surface area contributed by atoms with Gasteiger partial charge in [0.2, 0.25) is 5.75 Å². The fraction of sp³-hybridized carbons (Fsp3) is 0.152. The Kier molecular flexibility index (Phi) is 11.1. The van der Waals surface area contributed by atoms with Gasteiger partial charge in [0.1, 0.15) is 23.4 Å². The number of methoxy groups -OCH3 is 3. The molecule has 44 heavy (non-hydrogen) atoms. The van der Waals surface area contributed by atoms with Crippen LogP contribution in [0.4, 0.5) is 0 Å². The molecule has 0 N–H and O–H groups in total. The first-order valence-electron chi connectivity index (χ1n) is 13.2. The number of ketones is 1. The number of fused-ring (bicyclic) bond motifs is 1. The molecule has 0 bridgehead atoms. The van der Waals surface area contributed by atoms with Crippen LogP contribution in [0.25, 0.3) is 16.6 Å². The SMILES string of the molecule is COc1cc(C/C(C(=O)c2ccc(OCc3ccccc3)cc2)=C(\C(=O)[O-])c2ccc3nsnc3c2)cc(OC)c1OC.[Na+]. The van der Waals surface area contributed by atoms with Crippen molar-refractivity contribution in [2.24, 2.45) is 0 Å². The van der Waals surface area contributed by atoms with E-state index >= 15 is 0 Å². The van der Waals surface area contributed by atoms with E-state index in [0.717, 1.165) is 17.3 Å². The van der Waals surface area contributed by atoms with Crippen molar-refractivity contribution in [3.63, 3.8) is 0 Å². The van der Waals surface area contributed by atoms with Gasteiger partial charge in [0.05, 0.1) is 39.0 Å². The summed E-state index contributed by atoms with van der Waals surface area (Å²) in [6.45, 7) is 0.364. The van der Waals surface area contributed by atoms with Gasteiger partial charge >= 0.3 is 29.6 Å². The molecule has 0 aliphatic rings. The normalized spacial score (nSPS) is 11.2. The first-order chi connectivity index (χ1) is 20.9. The van der Waals surface area contributed by atoms with E-state index in [4.69, 9.17) is 18.9 Å². The Balaban J connectivity index is 0.00000442. The zero-order chi connectivity index (χ0) is 30.3. The number of carbonyl (C=O) groups is 2. The number of nitrogens with zero attached hydrogens (tertiary/aromatic N) is 2. The fourth-order valence-electron chi connectivity index (χ4n) is 4.69. The van der Waals surface area contributed by atoms with Crippen LogP contribution in [0.5, 0.6) is 23.0 Å². The molecule has 4 aromatic carbocycles. The number of hydrogen-bond acceptors (Lipinski definition) is 10. The molecule has 0 fully saturated rings. The molecule has 0 amide bonds. The molecule has 0 radical (unpaired) electrons. The second kappa shape index (κ2) is 15.0. The van der Waals surface area contributed by atoms with Crippen molar-refractivity contribution >= 4 is 40.1 Å². The minimum absolute atomic E-state index is 0. The van der Waals surface area contributed by atoms with Gasteiger partial charge in [-0.3, -0.25) is 4.79 Å². The summed E-state index contributed by atoms with van der Waals surface area (Å²) in [6.07, 6.45) is -0.0710. The molecule has 1 heterocycles. The summed E-state index contributed by atoms with van der Waals surface area (Å²) < 4.78 is 30.7. The van der Waals surface area contributed by atoms with Gasteiger partial charge in [0.15, 0.2) is 17.3 Å². The molecule has 1 aromatic heterocycles. The maximum absolute atomic E-state index is 14.1. The van der Waals surface area contributed by atoms with Crippen LogP contribution in [-0.2, 0) is 17.8 Å². The predicted molar refractivity (Wildman–Crippen MR) is 161 cm³/mol. The number of carboxylic acid groups (broad SMARTS) is 1. The number of carbonyl (C=O) groups excluding carboxylic acids is 2. The summed E-state index contributed by atoms with van der Waals surface area (Å²) >= 11 is 1.01. The summed E-state index contributed by atoms with van der Waals surface area (Å²) in [4.78, 5) is 26.8. The van der Waals surface area contributed by atoms with E-state index in [2.05, 4.69) is 8.75 Å². The van der Waals surface area contributed by atoms with Crippen molar-refractivity contribution in [3.8, 4) is 23.0 Å². The van der Waals surface area contributed by atoms with E-state index in [1.807, 2.05) is 30.3 Å². The van der Waals surface area contributed by atoms with E-state index in [0.29, 0.717) is 46.2 Å². The van der Waals surface area contributed by atoms with Crippen LogP contribution < -0.4 is 53.6 Å². The fourth-order valence-corrected chi connectivity index (χ4v) is 5.21. The minimum Gasteiger partial charge on any atom is -0.545 e. The van der Waals surface area contributed by atoms with E-state index in [1.165, 1.54) is 21.3 Å². The number of allylic oxidation sites excluding steroid dienone is 1. The second-order valence-corrected chi connectivity index (χ2v) is 9.98. The van der Waals surface area contributed by atoms with E-state index < -0.39 is 11.8 Å². The van der Waals surface area contributed by atoms with Gasteiger partial charge in [-0.1, -0.05) is 36.4 Å². The maximum atomic E-state index is 14.1. The third-order valence-electron chi connectivity index (χ3n) is 6.79. The summed E-state index contributed by atoms with van der Waals surface area (Å²) in [5.74, 6) is -0.308. The molecule has 5 rings (SSSR count). The van der Waals surface area contributed by atoms with Crippen molar-refractivity contribution in [2.75, 3.05) is 21.3 Å². The largest absolute Gasteiger partial charge is 1.00 e. The Morgan fingerprint density at radius 1 is 0.750 bits per heavy atom. The standard InChI is InChI=1S/C33H28N2O7S.Na/c1-39-28-16-21(17-29(40-2)32(28)41-3)15-25(30(33(37)38)23-11-14-26-27(18-23)35-43-34-26)31(36)22-9-12-24(13-10-22)42-19-20-7-5-4-6-8-20;/h4-14,16-18H,15,19H2,1-3H3,(H,37,38);/q;+1/p-1/b30-25+;. The number of aromatic nitrogens is 2. The van der Waals surface area contributed by atoms with E-state index in [-0.39, 0.29) is 58.3 Å². The van der Waals surface area contributed by atoms with Crippen molar-refractivity contribution in [1.29, 1.82) is 0 Å². The first kappa shape index (κ1) is 32.7. The molecular formula is C33H27N2NaO7S. The first-order valence-corrected chi connectivity index (χ1v) is 13.9. The Labute approximate surface area is 280 Å². The van der Waals surface area contributed by atoms with Crippen LogP contribution in [0.2, 0.25) is 0 Å². The number of rotatable bonds is 12. The molecule has 11 heteroatoms. The molecule has 0 aliphatic heterocycles. The molecule has 0 unspecified atom stereocenters. The average Bonchev–Trinajstić information content (AvgIpc) is 3.51. The van der Waals surface area contributed by atoms with Crippen LogP contribution in [0.1, 0.15) is 27.0 Å². The van der Waals surface area contributed by atoms with Gasteiger partial charge in [-0.25, -0.2) is 0 Å². The van der Waals surface area contributed by atoms with Gasteiger partial charge in [-0.2, -0.15) is 8.75 Å². The van der Waals surface area contributed by atoms with Gasteiger partial charge in [-0.15, -0.1) is 0 Å². The molecular weight excluding hydrogens is 591 g/mol. The zero-order valence-electron chi connectivity index (χ0n) is 24.7. The van der Waals surface area contributed by atoms with Crippen LogP contribution in [0.15, 0.2) is 90.5 Å². The Bertz CT molecular complexity index is 1780. The van der Waals surface area contributed by atoms with Crippen LogP contribution in [-0.4, -0.2) is 41.8 Å². The number of aliphatic carboxylic acids is 1. The third-order valence-corrected chi connectivity index (χ3v) is 7.35. The van der Waals surface area contributed by atoms with Gasteiger partial charge in [0.25, 0.3) is 0 Å². The quantitative estimate of drug-likeness (QED) is 0.117. The van der Waals surface area contributed by atoms with Gasteiger partial charge in [-0.05, 0) is 65.2 Å². The van der Waals surface area contributed by atoms with Gasteiger partial charge < -0.3 is 28.8 Å². The molecule has 0 saturated heterocycles. The van der Waals surface area contributed by atoms with Crippen LogP contribution in [0, 0.1) is 0 Å². The van der Waals surface area contributed by atoms with Gasteiger partial charge in [0, 0.05) is 23.1 Å². The molecule has 218 valence electrons. The Morgan fingerprint density at radius 2 is 1.39 bits per heavy atom.